The lowest BCUT2D eigenvalue weighted by Crippen LogP contribution is -2.22. The van der Waals surface area contributed by atoms with Gasteiger partial charge < -0.3 is 41.4 Å². The standard InChI is InChI=1S/C23H21Cl2N5O3.C22H19Cl2N5O3/c1-30(2)21(26)13-4-6-14(7-5-13)22(31)29-20-17(10-16(25)11-18(20)33-3)23(32)28-19-9-8-15(24)12-27-19;1-26-20(25)12-3-5-13(6-4-12)21(30)29-19-16(9-15(24)10-17(19)32-2)22(31)28-18-8-7-14(23)11-27-18/h4-12,26H,1-3H3,(H,29,31)(H,27,28,32);3-11H,1-2H3,(H2,25,26)(H,29,30)(H,27,28,31). The zero-order valence-corrected chi connectivity index (χ0v) is 38.2. The van der Waals surface area contributed by atoms with Gasteiger partial charge in [-0.3, -0.25) is 29.6 Å². The molecule has 0 aliphatic rings. The highest BCUT2D eigenvalue weighted by molar-refractivity contribution is 6.32. The molecule has 16 nitrogen and oxygen atoms in total. The SMILES string of the molecule is CN=C(N)c1ccc(C(=O)Nc2c(OC)cc(Cl)cc2C(=O)Nc2ccc(Cl)cn2)cc1.COc1cc(Cl)cc(C(=O)Nc2ccc(Cl)cn2)c1NC(=O)c1ccc(C(=N)N(C)C)cc1. The maximum atomic E-state index is 13.0. The number of halogens is 4. The first kappa shape index (κ1) is 48.8. The second-order valence-corrected chi connectivity index (χ2v) is 15.4. The Balaban J connectivity index is 0.000000244. The molecule has 0 atom stereocenters. The fraction of sp³-hybridized carbons (Fsp3) is 0.111. The summed E-state index contributed by atoms with van der Waals surface area (Å²) in [5.41, 5.74) is 8.32. The van der Waals surface area contributed by atoms with E-state index in [2.05, 4.69) is 36.2 Å². The topological polar surface area (TPSA) is 226 Å². The van der Waals surface area contributed by atoms with E-state index in [1.807, 2.05) is 0 Å². The number of carbonyl (C=O) groups is 4. The molecule has 0 bridgehead atoms. The number of aliphatic imine (C=N–C) groups is 1. The van der Waals surface area contributed by atoms with Crippen molar-refractivity contribution in [3.05, 3.63) is 163 Å². The third kappa shape index (κ3) is 12.9. The van der Waals surface area contributed by atoms with E-state index < -0.39 is 23.6 Å². The lowest BCUT2D eigenvalue weighted by molar-refractivity contribution is 0.101. The van der Waals surface area contributed by atoms with Crippen LogP contribution >= 0.6 is 46.4 Å². The van der Waals surface area contributed by atoms with Gasteiger partial charge in [-0.25, -0.2) is 9.97 Å². The van der Waals surface area contributed by atoms with Crippen molar-refractivity contribution in [2.24, 2.45) is 10.7 Å². The van der Waals surface area contributed by atoms with Crippen molar-refractivity contribution in [1.82, 2.24) is 14.9 Å². The number of aromatic nitrogens is 2. The van der Waals surface area contributed by atoms with E-state index >= 15 is 0 Å². The van der Waals surface area contributed by atoms with Crippen LogP contribution in [0.5, 0.6) is 11.5 Å². The van der Waals surface area contributed by atoms with Crippen molar-refractivity contribution < 1.29 is 28.7 Å². The van der Waals surface area contributed by atoms with Crippen molar-refractivity contribution in [2.45, 2.75) is 0 Å². The van der Waals surface area contributed by atoms with E-state index in [1.165, 1.54) is 50.9 Å². The number of rotatable bonds is 12. The Morgan fingerprint density at radius 1 is 0.569 bits per heavy atom. The minimum absolute atomic E-state index is 0.0930. The maximum absolute atomic E-state index is 13.0. The first-order chi connectivity index (χ1) is 31.0. The van der Waals surface area contributed by atoms with Crippen molar-refractivity contribution in [3.8, 4) is 11.5 Å². The summed E-state index contributed by atoms with van der Waals surface area (Å²) in [6, 6.07) is 25.2. The van der Waals surface area contributed by atoms with Gasteiger partial charge in [0.25, 0.3) is 23.6 Å². The third-order valence-electron chi connectivity index (χ3n) is 9.03. The number of anilines is 4. The van der Waals surface area contributed by atoms with Crippen LogP contribution in [0.1, 0.15) is 52.6 Å². The van der Waals surface area contributed by atoms with E-state index in [-0.39, 0.29) is 55.7 Å². The van der Waals surface area contributed by atoms with E-state index in [9.17, 15) is 19.2 Å². The molecule has 20 heteroatoms. The highest BCUT2D eigenvalue weighted by Crippen LogP contribution is 2.35. The summed E-state index contributed by atoms with van der Waals surface area (Å²) in [7, 11) is 7.93. The third-order valence-corrected chi connectivity index (χ3v) is 9.91. The summed E-state index contributed by atoms with van der Waals surface area (Å²) in [4.78, 5) is 65.4. The molecule has 4 amide bonds. The second-order valence-electron chi connectivity index (χ2n) is 13.6. The van der Waals surface area contributed by atoms with Crippen LogP contribution < -0.4 is 36.5 Å². The molecule has 2 heterocycles. The monoisotopic (exact) mass is 956 g/mol. The number of pyridine rings is 2. The Morgan fingerprint density at radius 3 is 1.29 bits per heavy atom. The van der Waals surface area contributed by atoms with Crippen LogP contribution in [0.2, 0.25) is 20.1 Å². The van der Waals surface area contributed by atoms with Crippen LogP contribution in [0.4, 0.5) is 23.0 Å². The molecule has 65 heavy (non-hydrogen) atoms. The van der Waals surface area contributed by atoms with Crippen LogP contribution in [0, 0.1) is 5.41 Å². The summed E-state index contributed by atoms with van der Waals surface area (Å²) in [5, 5.41) is 20.1. The van der Waals surface area contributed by atoms with Crippen LogP contribution in [-0.2, 0) is 0 Å². The van der Waals surface area contributed by atoms with Gasteiger partial charge in [0.1, 0.15) is 34.8 Å². The van der Waals surface area contributed by atoms with E-state index in [1.54, 1.807) is 98.8 Å². The van der Waals surface area contributed by atoms with Crippen LogP contribution in [0.25, 0.3) is 0 Å². The fourth-order valence-electron chi connectivity index (χ4n) is 5.70. The van der Waals surface area contributed by atoms with Gasteiger partial charge in [0.05, 0.1) is 46.8 Å². The van der Waals surface area contributed by atoms with Gasteiger partial charge >= 0.3 is 0 Å². The van der Waals surface area contributed by atoms with E-state index in [4.69, 9.17) is 67.0 Å². The highest BCUT2D eigenvalue weighted by atomic mass is 35.5. The number of nitrogens with two attached hydrogens (primary N) is 1. The minimum Gasteiger partial charge on any atom is -0.494 e. The Labute approximate surface area is 393 Å². The maximum Gasteiger partial charge on any atom is 0.259 e. The Kier molecular flexibility index (Phi) is 16.8. The summed E-state index contributed by atoms with van der Waals surface area (Å²) in [6.07, 6.45) is 2.80. The zero-order chi connectivity index (χ0) is 47.4. The van der Waals surface area contributed by atoms with Gasteiger partial charge in [-0.15, -0.1) is 0 Å². The van der Waals surface area contributed by atoms with Crippen molar-refractivity contribution in [2.75, 3.05) is 56.6 Å². The molecule has 6 aromatic rings. The number of benzene rings is 4. The number of hydrogen-bond acceptors (Lipinski definition) is 10. The lowest BCUT2D eigenvalue weighted by Gasteiger charge is -2.16. The molecule has 0 aliphatic carbocycles. The molecule has 0 unspecified atom stereocenters. The summed E-state index contributed by atoms with van der Waals surface area (Å²) >= 11 is 24.0. The van der Waals surface area contributed by atoms with Crippen molar-refractivity contribution in [3.63, 3.8) is 0 Å². The first-order valence-corrected chi connectivity index (χ1v) is 20.5. The lowest BCUT2D eigenvalue weighted by atomic mass is 10.1. The molecule has 334 valence electrons. The molecule has 0 radical (unpaired) electrons. The number of nitrogens with one attached hydrogen (secondary N) is 5. The van der Waals surface area contributed by atoms with Gasteiger partial charge in [0, 0.05) is 78.0 Å². The number of carbonyl (C=O) groups excluding carboxylic acids is 4. The minimum atomic E-state index is -0.546. The summed E-state index contributed by atoms with van der Waals surface area (Å²) in [6.45, 7) is 0. The van der Waals surface area contributed by atoms with Crippen LogP contribution in [-0.4, -0.2) is 85.5 Å². The number of hydrogen-bond donors (Lipinski definition) is 6. The number of amides is 4. The molecule has 0 saturated carbocycles. The number of amidine groups is 2. The molecule has 0 aliphatic heterocycles. The molecule has 0 fully saturated rings. The average molecular weight is 959 g/mol. The van der Waals surface area contributed by atoms with E-state index in [0.29, 0.717) is 44.0 Å². The normalized spacial score (nSPS) is 10.7. The summed E-state index contributed by atoms with van der Waals surface area (Å²) in [5.74, 6) is -0.341. The molecule has 2 aromatic heterocycles. The number of ether oxygens (including phenoxy) is 2. The molecular formula is C45H40Cl4N10O6. The van der Waals surface area contributed by atoms with Gasteiger partial charge in [-0.1, -0.05) is 70.7 Å². The molecule has 7 N–H and O–H groups in total. The fourth-order valence-corrected chi connectivity index (χ4v) is 6.34. The highest BCUT2D eigenvalue weighted by Gasteiger charge is 2.23. The zero-order valence-electron chi connectivity index (χ0n) is 35.2. The Morgan fingerprint density at radius 2 is 0.954 bits per heavy atom. The van der Waals surface area contributed by atoms with Crippen LogP contribution in [0.15, 0.2) is 114 Å². The molecule has 4 aromatic carbocycles. The van der Waals surface area contributed by atoms with Gasteiger partial charge in [0.15, 0.2) is 0 Å². The predicted molar refractivity (Wildman–Crippen MR) is 256 cm³/mol. The second kappa shape index (κ2) is 22.4. The predicted octanol–water partition coefficient (Wildman–Crippen LogP) is 9.03. The van der Waals surface area contributed by atoms with Crippen molar-refractivity contribution >= 4 is 105 Å². The molecule has 0 spiro atoms. The van der Waals surface area contributed by atoms with Gasteiger partial charge in [0.2, 0.25) is 0 Å². The summed E-state index contributed by atoms with van der Waals surface area (Å²) < 4.78 is 10.7. The Hall–Kier alpha value is -7.24. The molecular weight excluding hydrogens is 918 g/mol. The first-order valence-electron chi connectivity index (χ1n) is 18.9. The van der Waals surface area contributed by atoms with Gasteiger partial charge in [-0.05, 0) is 60.7 Å². The molecule has 6 rings (SSSR count). The van der Waals surface area contributed by atoms with Gasteiger partial charge in [-0.2, -0.15) is 0 Å². The average Bonchev–Trinajstić information content (AvgIpc) is 3.30. The van der Waals surface area contributed by atoms with E-state index in [0.717, 1.165) is 0 Å². The van der Waals surface area contributed by atoms with Crippen molar-refractivity contribution in [1.29, 1.82) is 5.41 Å². The Bertz CT molecular complexity index is 2750. The molecule has 0 saturated heterocycles. The van der Waals surface area contributed by atoms with Crippen LogP contribution in [0.3, 0.4) is 0 Å². The number of nitrogens with zero attached hydrogens (tertiary/aromatic N) is 4. The number of methoxy groups -OCH3 is 2. The quantitative estimate of drug-likeness (QED) is 0.0504. The smallest absolute Gasteiger partial charge is 0.259 e. The largest absolute Gasteiger partial charge is 0.494 e.